The number of carbonyl (C=O) groups is 2. The van der Waals surface area contributed by atoms with Gasteiger partial charge in [0.1, 0.15) is 10.0 Å². The number of amides is 2. The van der Waals surface area contributed by atoms with Crippen molar-refractivity contribution in [2.75, 3.05) is 33.2 Å². The average molecular weight is 550 g/mol. The van der Waals surface area contributed by atoms with Crippen molar-refractivity contribution >= 4 is 55.8 Å². The number of hydrogen-bond donors (Lipinski definition) is 1. The van der Waals surface area contributed by atoms with E-state index in [1.807, 2.05) is 29.2 Å². The molecule has 38 heavy (non-hydrogen) atoms. The predicted octanol–water partition coefficient (Wildman–Crippen LogP) is 5.61. The summed E-state index contributed by atoms with van der Waals surface area (Å²) in [6.07, 6.45) is 3.89. The molecule has 0 saturated carbocycles. The second-order valence-electron chi connectivity index (χ2n) is 8.67. The molecule has 8 nitrogen and oxygen atoms in total. The maximum atomic E-state index is 13.1. The van der Waals surface area contributed by atoms with Gasteiger partial charge in [0.2, 0.25) is 17.6 Å². The molecule has 4 aromatic rings. The molecule has 0 spiro atoms. The van der Waals surface area contributed by atoms with Gasteiger partial charge in [0.05, 0.1) is 38.1 Å². The summed E-state index contributed by atoms with van der Waals surface area (Å²) in [6, 6.07) is 11.6. The van der Waals surface area contributed by atoms with Gasteiger partial charge in [0.25, 0.3) is 0 Å². The summed E-state index contributed by atoms with van der Waals surface area (Å²) < 4.78 is 17.3. The van der Waals surface area contributed by atoms with Crippen molar-refractivity contribution in [3.8, 4) is 27.8 Å². The maximum absolute atomic E-state index is 13.1. The number of aromatic nitrogens is 1. The molecule has 196 valence electrons. The van der Waals surface area contributed by atoms with E-state index in [-0.39, 0.29) is 11.8 Å². The van der Waals surface area contributed by atoms with Crippen molar-refractivity contribution in [1.29, 1.82) is 0 Å². The van der Waals surface area contributed by atoms with Crippen molar-refractivity contribution in [3.05, 3.63) is 58.5 Å². The molecule has 2 amide bonds. The van der Waals surface area contributed by atoms with Crippen LogP contribution in [0.2, 0.25) is 0 Å². The smallest absolute Gasteiger partial charge is 0.249 e. The maximum Gasteiger partial charge on any atom is 0.249 e. The van der Waals surface area contributed by atoms with Crippen molar-refractivity contribution in [2.45, 2.75) is 19.9 Å². The van der Waals surface area contributed by atoms with Gasteiger partial charge in [-0.2, -0.15) is 0 Å². The molecule has 0 atom stereocenters. The normalized spacial score (nSPS) is 13.0. The Hall–Kier alpha value is -3.89. The molecule has 0 radical (unpaired) electrons. The first-order valence-electron chi connectivity index (χ1n) is 12.0. The van der Waals surface area contributed by atoms with Crippen LogP contribution in [0.15, 0.2) is 42.5 Å². The number of carbonyl (C=O) groups excluding carboxylic acids is 2. The zero-order valence-corrected chi connectivity index (χ0v) is 23.1. The minimum Gasteiger partial charge on any atom is -0.493 e. The van der Waals surface area contributed by atoms with Crippen LogP contribution in [0, 0.1) is 0 Å². The summed E-state index contributed by atoms with van der Waals surface area (Å²) in [4.78, 5) is 32.9. The van der Waals surface area contributed by atoms with Gasteiger partial charge >= 0.3 is 0 Å². The first kappa shape index (κ1) is 25.7. The van der Waals surface area contributed by atoms with E-state index in [1.54, 1.807) is 57.8 Å². The zero-order chi connectivity index (χ0) is 26.8. The Morgan fingerprint density at radius 3 is 2.45 bits per heavy atom. The van der Waals surface area contributed by atoms with Gasteiger partial charge in [-0.1, -0.05) is 12.1 Å². The van der Waals surface area contributed by atoms with E-state index in [1.165, 1.54) is 17.4 Å². The first-order valence-corrected chi connectivity index (χ1v) is 13.6. The Morgan fingerprint density at radius 2 is 1.79 bits per heavy atom. The molecule has 1 aliphatic heterocycles. The Bertz CT molecular complexity index is 1500. The van der Waals surface area contributed by atoms with E-state index < -0.39 is 0 Å². The first-order chi connectivity index (χ1) is 18.4. The van der Waals surface area contributed by atoms with Gasteiger partial charge in [-0.15, -0.1) is 22.7 Å². The summed E-state index contributed by atoms with van der Waals surface area (Å²) in [6.45, 7) is 2.76. The van der Waals surface area contributed by atoms with E-state index in [2.05, 4.69) is 5.32 Å². The number of anilines is 1. The van der Waals surface area contributed by atoms with Gasteiger partial charge < -0.3 is 24.4 Å². The van der Waals surface area contributed by atoms with E-state index >= 15 is 0 Å². The largest absolute Gasteiger partial charge is 0.493 e. The van der Waals surface area contributed by atoms with E-state index in [4.69, 9.17) is 19.2 Å². The van der Waals surface area contributed by atoms with E-state index in [9.17, 15) is 9.59 Å². The van der Waals surface area contributed by atoms with Gasteiger partial charge in [-0.3, -0.25) is 9.59 Å². The number of para-hydroxylation sites is 1. The van der Waals surface area contributed by atoms with Gasteiger partial charge in [-0.05, 0) is 47.9 Å². The lowest BCUT2D eigenvalue weighted by Crippen LogP contribution is -2.33. The Morgan fingerprint density at radius 1 is 1.05 bits per heavy atom. The van der Waals surface area contributed by atoms with Crippen LogP contribution >= 0.6 is 22.7 Å². The second-order valence-corrected chi connectivity index (χ2v) is 10.8. The minimum absolute atomic E-state index is 0.0458. The average Bonchev–Trinajstić information content (AvgIpc) is 3.51. The fourth-order valence-corrected chi connectivity index (χ4v) is 6.87. The SMILES string of the molecule is COc1cc(/C=C/C(=O)Nc2sc3c(c2-c2nc4ccccc4s2)CCN(C(C)=O)C3)cc(OC)c1OC. The topological polar surface area (TPSA) is 90.0 Å². The highest BCUT2D eigenvalue weighted by Gasteiger charge is 2.28. The van der Waals surface area contributed by atoms with Gasteiger partial charge in [0.15, 0.2) is 11.5 Å². The molecular weight excluding hydrogens is 522 g/mol. The highest BCUT2D eigenvalue weighted by Crippen LogP contribution is 2.46. The Balaban J connectivity index is 1.47. The van der Waals surface area contributed by atoms with Crippen molar-refractivity contribution in [1.82, 2.24) is 9.88 Å². The summed E-state index contributed by atoms with van der Waals surface area (Å²) in [5, 5.41) is 4.67. The lowest BCUT2D eigenvalue weighted by Gasteiger charge is -2.25. The standard InChI is InChI=1S/C28H27N3O5S2/c1-16(32)31-12-11-18-23(15-31)38-28(25(18)27-29-19-7-5-6-8-22(19)37-27)30-24(33)10-9-17-13-20(34-2)26(36-4)21(14-17)35-3/h5-10,13-14H,11-12,15H2,1-4H3,(H,30,33)/b10-9+. The molecule has 0 saturated heterocycles. The molecule has 1 N–H and O–H groups in total. The van der Waals surface area contributed by atoms with E-state index in [0.717, 1.165) is 41.8 Å². The quantitative estimate of drug-likeness (QED) is 0.302. The number of ether oxygens (including phenoxy) is 3. The summed E-state index contributed by atoms with van der Waals surface area (Å²) in [5.74, 6) is 1.27. The van der Waals surface area contributed by atoms with Gasteiger partial charge in [-0.25, -0.2) is 4.98 Å². The molecule has 2 aromatic heterocycles. The van der Waals surface area contributed by atoms with E-state index in [0.29, 0.717) is 36.8 Å². The van der Waals surface area contributed by atoms with Crippen LogP contribution in [0.25, 0.3) is 26.9 Å². The summed E-state index contributed by atoms with van der Waals surface area (Å²) in [5.41, 5.74) is 3.75. The van der Waals surface area contributed by atoms with Crippen LogP contribution in [-0.4, -0.2) is 49.6 Å². The summed E-state index contributed by atoms with van der Waals surface area (Å²) in [7, 11) is 4.64. The molecule has 2 aromatic carbocycles. The van der Waals surface area contributed by atoms with Crippen molar-refractivity contribution < 1.29 is 23.8 Å². The number of methoxy groups -OCH3 is 3. The van der Waals surface area contributed by atoms with Crippen LogP contribution in [0.3, 0.4) is 0 Å². The number of rotatable bonds is 7. The summed E-state index contributed by atoms with van der Waals surface area (Å²) >= 11 is 3.11. The number of hydrogen-bond acceptors (Lipinski definition) is 8. The monoisotopic (exact) mass is 549 g/mol. The highest BCUT2D eigenvalue weighted by atomic mass is 32.1. The Kier molecular flexibility index (Phi) is 7.35. The molecule has 3 heterocycles. The van der Waals surface area contributed by atoms with Crippen LogP contribution in [0.5, 0.6) is 17.2 Å². The minimum atomic E-state index is -0.275. The molecule has 1 aliphatic rings. The lowest BCUT2D eigenvalue weighted by molar-refractivity contribution is -0.129. The number of nitrogens with one attached hydrogen (secondary N) is 1. The number of benzene rings is 2. The van der Waals surface area contributed by atoms with Gasteiger partial charge in [0, 0.05) is 30.0 Å². The molecule has 0 fully saturated rings. The fourth-order valence-electron chi connectivity index (χ4n) is 4.49. The number of fused-ring (bicyclic) bond motifs is 2. The second kappa shape index (κ2) is 10.8. The third kappa shape index (κ3) is 4.97. The number of nitrogens with zero attached hydrogens (tertiary/aromatic N) is 2. The number of thiazole rings is 1. The molecule has 0 unspecified atom stereocenters. The van der Waals surface area contributed by atoms with Crippen molar-refractivity contribution in [3.63, 3.8) is 0 Å². The highest BCUT2D eigenvalue weighted by molar-refractivity contribution is 7.23. The lowest BCUT2D eigenvalue weighted by atomic mass is 10.0. The van der Waals surface area contributed by atoms with Crippen LogP contribution < -0.4 is 19.5 Å². The molecule has 0 aliphatic carbocycles. The van der Waals surface area contributed by atoms with Crippen molar-refractivity contribution in [2.24, 2.45) is 0 Å². The zero-order valence-electron chi connectivity index (χ0n) is 21.5. The third-order valence-corrected chi connectivity index (χ3v) is 8.55. The fraction of sp³-hybridized carbons (Fsp3) is 0.250. The van der Waals surface area contributed by atoms with Crippen LogP contribution in [-0.2, 0) is 22.6 Å². The number of thiophene rings is 1. The Labute approximate surface area is 228 Å². The molecule has 0 bridgehead atoms. The molecule has 10 heteroatoms. The van der Waals surface area contributed by atoms with Crippen LogP contribution in [0.1, 0.15) is 22.9 Å². The molecular formula is C28H27N3O5S2. The third-order valence-electron chi connectivity index (χ3n) is 6.36. The molecule has 5 rings (SSSR count). The van der Waals surface area contributed by atoms with Crippen LogP contribution in [0.4, 0.5) is 5.00 Å². The predicted molar refractivity (Wildman–Crippen MR) is 151 cm³/mol.